The Bertz CT molecular complexity index is 512. The molecule has 0 spiro atoms. The van der Waals surface area contributed by atoms with Crippen LogP contribution in [-0.4, -0.2) is 39.4 Å². The zero-order chi connectivity index (χ0) is 15.8. The zero-order valence-corrected chi connectivity index (χ0v) is 11.0. The highest BCUT2D eigenvalue weighted by Gasteiger charge is 2.21. The van der Waals surface area contributed by atoms with Gasteiger partial charge in [0.05, 0.1) is 6.61 Å². The normalized spacial score (nSPS) is 11.5. The van der Waals surface area contributed by atoms with Gasteiger partial charge in [0.1, 0.15) is 11.8 Å². The third kappa shape index (κ3) is 5.91. The van der Waals surface area contributed by atoms with E-state index in [0.29, 0.717) is 5.56 Å². The van der Waals surface area contributed by atoms with Crippen molar-refractivity contribution in [3.63, 3.8) is 0 Å². The fourth-order valence-electron chi connectivity index (χ4n) is 1.47. The second-order valence-corrected chi connectivity index (χ2v) is 4.16. The van der Waals surface area contributed by atoms with Gasteiger partial charge in [0, 0.05) is 6.42 Å². The first-order chi connectivity index (χ1) is 9.92. The van der Waals surface area contributed by atoms with Crippen molar-refractivity contribution in [2.24, 2.45) is 0 Å². The number of benzene rings is 1. The van der Waals surface area contributed by atoms with Crippen molar-refractivity contribution in [1.29, 1.82) is 0 Å². The summed E-state index contributed by atoms with van der Waals surface area (Å²) in [5, 5.41) is 28.3. The van der Waals surface area contributed by atoms with Crippen LogP contribution in [0.25, 0.3) is 0 Å². The van der Waals surface area contributed by atoms with Gasteiger partial charge in [-0.1, -0.05) is 12.1 Å². The van der Waals surface area contributed by atoms with Crippen LogP contribution >= 0.6 is 0 Å². The molecule has 1 aromatic rings. The molecule has 0 aliphatic rings. The molecule has 4 N–H and O–H groups in total. The molecule has 1 rings (SSSR count). The average molecular weight is 297 g/mol. The molecule has 8 nitrogen and oxygen atoms in total. The summed E-state index contributed by atoms with van der Waals surface area (Å²) in [4.78, 5) is 32.8. The van der Waals surface area contributed by atoms with E-state index in [2.05, 4.69) is 5.32 Å². The van der Waals surface area contributed by atoms with Crippen molar-refractivity contribution in [1.82, 2.24) is 5.32 Å². The number of aliphatic hydroxyl groups is 1. The lowest BCUT2D eigenvalue weighted by atomic mass is 10.1. The number of hydrogen-bond donors (Lipinski definition) is 4. The van der Waals surface area contributed by atoms with Crippen molar-refractivity contribution >= 4 is 18.0 Å². The largest absolute Gasteiger partial charge is 0.481 e. The highest BCUT2D eigenvalue weighted by molar-refractivity contribution is 5.81. The van der Waals surface area contributed by atoms with Crippen LogP contribution in [0.3, 0.4) is 0 Å². The number of aliphatic hydroxyl groups excluding tert-OH is 1. The first-order valence-corrected chi connectivity index (χ1v) is 6.05. The quantitative estimate of drug-likeness (QED) is 0.578. The van der Waals surface area contributed by atoms with Crippen LogP contribution in [0.5, 0.6) is 5.75 Å². The average Bonchev–Trinajstić information content (AvgIpc) is 2.43. The van der Waals surface area contributed by atoms with Crippen LogP contribution in [0.1, 0.15) is 18.4 Å². The Balaban J connectivity index is 2.56. The van der Waals surface area contributed by atoms with Crippen LogP contribution < -0.4 is 10.1 Å². The molecule has 114 valence electrons. The summed E-state index contributed by atoms with van der Waals surface area (Å²) in [6, 6.07) is 4.63. The van der Waals surface area contributed by atoms with E-state index < -0.39 is 24.1 Å². The number of amides is 1. The number of aliphatic carboxylic acids is 2. The number of nitrogens with one attached hydrogen (secondary N) is 1. The Morgan fingerprint density at radius 3 is 2.24 bits per heavy atom. The Kier molecular flexibility index (Phi) is 6.15. The van der Waals surface area contributed by atoms with Crippen molar-refractivity contribution < 1.29 is 34.4 Å². The van der Waals surface area contributed by atoms with Crippen LogP contribution in [0, 0.1) is 0 Å². The molecule has 0 fully saturated rings. The van der Waals surface area contributed by atoms with Crippen molar-refractivity contribution in [2.45, 2.75) is 25.5 Å². The number of carbonyl (C=O) groups excluding carboxylic acids is 1. The number of carbonyl (C=O) groups is 3. The predicted octanol–water partition coefficient (Wildman–Crippen LogP) is 0.585. The minimum Gasteiger partial charge on any atom is -0.481 e. The number of hydrogen-bond acceptors (Lipinski definition) is 5. The van der Waals surface area contributed by atoms with E-state index in [9.17, 15) is 14.4 Å². The first-order valence-electron chi connectivity index (χ1n) is 6.05. The van der Waals surface area contributed by atoms with Crippen LogP contribution in [-0.2, 0) is 16.2 Å². The van der Waals surface area contributed by atoms with Gasteiger partial charge >= 0.3 is 18.0 Å². The van der Waals surface area contributed by atoms with Gasteiger partial charge in [-0.25, -0.2) is 9.59 Å². The van der Waals surface area contributed by atoms with E-state index in [-0.39, 0.29) is 25.2 Å². The third-order valence-corrected chi connectivity index (χ3v) is 2.55. The lowest BCUT2D eigenvalue weighted by Crippen LogP contribution is -2.42. The van der Waals surface area contributed by atoms with E-state index >= 15 is 0 Å². The maximum absolute atomic E-state index is 11.5. The molecule has 0 heterocycles. The molecule has 0 aromatic heterocycles. The fraction of sp³-hybridized carbons (Fsp3) is 0.308. The van der Waals surface area contributed by atoms with Gasteiger partial charge in [0.25, 0.3) is 0 Å². The van der Waals surface area contributed by atoms with Gasteiger partial charge in [-0.05, 0) is 24.1 Å². The fourth-order valence-corrected chi connectivity index (χ4v) is 1.47. The summed E-state index contributed by atoms with van der Waals surface area (Å²) >= 11 is 0. The molecule has 0 aliphatic carbocycles. The molecule has 1 aromatic carbocycles. The molecule has 0 saturated heterocycles. The zero-order valence-electron chi connectivity index (χ0n) is 11.0. The Hall–Kier alpha value is -2.61. The lowest BCUT2D eigenvalue weighted by Gasteiger charge is -2.13. The molecule has 8 heteroatoms. The standard InChI is InChI=1S/C13H15NO7/c15-7-8-1-3-9(4-2-8)21-13(20)14-10(12(18)19)5-6-11(16)17/h1-4,10,15H,5-7H2,(H,14,20)(H,16,17)(H,18,19)/t10-/m0/s1. The van der Waals surface area contributed by atoms with Gasteiger partial charge in [0.15, 0.2) is 0 Å². The molecular formula is C13H15NO7. The second kappa shape index (κ2) is 7.85. The molecule has 0 unspecified atom stereocenters. The van der Waals surface area contributed by atoms with Crippen LogP contribution in [0.2, 0.25) is 0 Å². The van der Waals surface area contributed by atoms with Gasteiger partial charge in [0.2, 0.25) is 0 Å². The SMILES string of the molecule is O=C(O)CC[C@H](NC(=O)Oc1ccc(CO)cc1)C(=O)O. The first kappa shape index (κ1) is 16.4. The summed E-state index contributed by atoms with van der Waals surface area (Å²) in [5.41, 5.74) is 0.632. The second-order valence-electron chi connectivity index (χ2n) is 4.16. The van der Waals surface area contributed by atoms with Gasteiger partial charge in [-0.2, -0.15) is 0 Å². The number of ether oxygens (including phenoxy) is 1. The number of rotatable bonds is 7. The highest BCUT2D eigenvalue weighted by Crippen LogP contribution is 2.12. The molecule has 0 bridgehead atoms. The lowest BCUT2D eigenvalue weighted by molar-refractivity contribution is -0.140. The Labute approximate surface area is 120 Å². The predicted molar refractivity (Wildman–Crippen MR) is 69.8 cm³/mol. The van der Waals surface area contributed by atoms with Crippen molar-refractivity contribution in [3.8, 4) is 5.75 Å². The van der Waals surface area contributed by atoms with Crippen LogP contribution in [0.4, 0.5) is 4.79 Å². The molecule has 0 radical (unpaired) electrons. The summed E-state index contributed by atoms with van der Waals surface area (Å²) in [6.07, 6.45) is -1.63. The van der Waals surface area contributed by atoms with Gasteiger partial charge in [-0.3, -0.25) is 4.79 Å². The number of carboxylic acid groups (broad SMARTS) is 2. The van der Waals surface area contributed by atoms with Gasteiger partial charge < -0.3 is 25.4 Å². The van der Waals surface area contributed by atoms with E-state index in [0.717, 1.165) is 0 Å². The molecule has 1 atom stereocenters. The maximum atomic E-state index is 11.5. The maximum Gasteiger partial charge on any atom is 0.413 e. The molecule has 0 saturated carbocycles. The van der Waals surface area contributed by atoms with E-state index in [1.165, 1.54) is 12.1 Å². The number of carboxylic acids is 2. The van der Waals surface area contributed by atoms with Crippen molar-refractivity contribution in [2.75, 3.05) is 0 Å². The monoisotopic (exact) mass is 297 g/mol. The van der Waals surface area contributed by atoms with Crippen molar-refractivity contribution in [3.05, 3.63) is 29.8 Å². The molecular weight excluding hydrogens is 282 g/mol. The molecule has 1 amide bonds. The highest BCUT2D eigenvalue weighted by atomic mass is 16.6. The van der Waals surface area contributed by atoms with Crippen LogP contribution in [0.15, 0.2) is 24.3 Å². The molecule has 21 heavy (non-hydrogen) atoms. The Morgan fingerprint density at radius 2 is 1.76 bits per heavy atom. The third-order valence-electron chi connectivity index (χ3n) is 2.55. The molecule has 0 aliphatic heterocycles. The van der Waals surface area contributed by atoms with E-state index in [1.54, 1.807) is 12.1 Å². The summed E-state index contributed by atoms with van der Waals surface area (Å²) < 4.78 is 4.86. The summed E-state index contributed by atoms with van der Waals surface area (Å²) in [5.74, 6) is -2.33. The summed E-state index contributed by atoms with van der Waals surface area (Å²) in [6.45, 7) is -0.150. The topological polar surface area (TPSA) is 133 Å². The van der Waals surface area contributed by atoms with E-state index in [4.69, 9.17) is 20.1 Å². The summed E-state index contributed by atoms with van der Waals surface area (Å²) in [7, 11) is 0. The van der Waals surface area contributed by atoms with E-state index in [1.807, 2.05) is 0 Å². The minimum atomic E-state index is -1.34. The Morgan fingerprint density at radius 1 is 1.14 bits per heavy atom. The van der Waals surface area contributed by atoms with Gasteiger partial charge in [-0.15, -0.1) is 0 Å². The minimum absolute atomic E-state index is 0.150. The smallest absolute Gasteiger partial charge is 0.413 e.